The molecule has 0 fully saturated rings. The molecule has 1 aromatic carbocycles. The highest BCUT2D eigenvalue weighted by atomic mass is 16.4. The molecular weight excluding hydrogens is 266 g/mol. The first-order chi connectivity index (χ1) is 10.3. The van der Waals surface area contributed by atoms with Gasteiger partial charge in [-0.1, -0.05) is 31.2 Å². The van der Waals surface area contributed by atoms with E-state index in [0.29, 0.717) is 30.9 Å². The van der Waals surface area contributed by atoms with E-state index in [2.05, 4.69) is 39.4 Å². The van der Waals surface area contributed by atoms with Crippen molar-refractivity contribution in [3.05, 3.63) is 47.2 Å². The Balaban J connectivity index is 1.79. The summed E-state index contributed by atoms with van der Waals surface area (Å²) in [5, 5.41) is 17.5. The Morgan fingerprint density at radius 3 is 2.86 bits per heavy atom. The van der Waals surface area contributed by atoms with Crippen molar-refractivity contribution in [2.75, 3.05) is 13.2 Å². The lowest BCUT2D eigenvalue weighted by Crippen LogP contribution is -2.30. The highest BCUT2D eigenvalue weighted by Gasteiger charge is 2.28. The van der Waals surface area contributed by atoms with Crippen LogP contribution in [0, 0.1) is 0 Å². The van der Waals surface area contributed by atoms with Gasteiger partial charge in [-0.2, -0.15) is 0 Å². The zero-order valence-corrected chi connectivity index (χ0v) is 12.3. The van der Waals surface area contributed by atoms with Crippen molar-refractivity contribution in [1.82, 2.24) is 15.1 Å². The zero-order valence-electron chi connectivity index (χ0n) is 12.3. The second kappa shape index (κ2) is 6.37. The number of aliphatic hydroxyl groups is 1. The van der Waals surface area contributed by atoms with Crippen molar-refractivity contribution in [3.63, 3.8) is 0 Å². The number of rotatable bonds is 6. The zero-order chi connectivity index (χ0) is 14.7. The molecule has 112 valence electrons. The lowest BCUT2D eigenvalue weighted by atomic mass is 10.1. The first-order valence-electron chi connectivity index (χ1n) is 7.55. The van der Waals surface area contributed by atoms with Gasteiger partial charge in [0.25, 0.3) is 0 Å². The third kappa shape index (κ3) is 2.99. The van der Waals surface area contributed by atoms with Gasteiger partial charge in [-0.15, -0.1) is 10.2 Å². The van der Waals surface area contributed by atoms with Crippen LogP contribution in [0.4, 0.5) is 0 Å². The fourth-order valence-corrected chi connectivity index (χ4v) is 3.06. The van der Waals surface area contributed by atoms with Gasteiger partial charge < -0.3 is 9.52 Å². The monoisotopic (exact) mass is 287 g/mol. The predicted octanol–water partition coefficient (Wildman–Crippen LogP) is 2.11. The SMILES string of the molecule is CCc1nnc(CN(CCO)C2CCc3ccccc32)o1. The van der Waals surface area contributed by atoms with E-state index in [-0.39, 0.29) is 6.61 Å². The van der Waals surface area contributed by atoms with Gasteiger partial charge in [-0.25, -0.2) is 0 Å². The molecule has 0 spiro atoms. The summed E-state index contributed by atoms with van der Waals surface area (Å²) in [5.41, 5.74) is 2.77. The molecule has 1 atom stereocenters. The van der Waals surface area contributed by atoms with E-state index in [1.54, 1.807) is 0 Å². The van der Waals surface area contributed by atoms with Gasteiger partial charge in [0.2, 0.25) is 11.8 Å². The minimum Gasteiger partial charge on any atom is -0.424 e. The Morgan fingerprint density at radius 1 is 1.29 bits per heavy atom. The molecule has 1 aliphatic carbocycles. The molecule has 0 radical (unpaired) electrons. The second-order valence-corrected chi connectivity index (χ2v) is 5.39. The van der Waals surface area contributed by atoms with Crippen molar-refractivity contribution < 1.29 is 9.52 Å². The van der Waals surface area contributed by atoms with Gasteiger partial charge in [0.1, 0.15) is 0 Å². The van der Waals surface area contributed by atoms with Crippen LogP contribution in [0.2, 0.25) is 0 Å². The number of benzene rings is 1. The summed E-state index contributed by atoms with van der Waals surface area (Å²) in [6.45, 7) is 3.33. The average Bonchev–Trinajstić information content (AvgIpc) is 3.13. The van der Waals surface area contributed by atoms with E-state index < -0.39 is 0 Å². The maximum absolute atomic E-state index is 9.37. The fourth-order valence-electron chi connectivity index (χ4n) is 3.06. The first kappa shape index (κ1) is 14.2. The number of fused-ring (bicyclic) bond motifs is 1. The van der Waals surface area contributed by atoms with Crippen LogP contribution in [-0.4, -0.2) is 33.4 Å². The Kier molecular flexibility index (Phi) is 4.31. The van der Waals surface area contributed by atoms with E-state index in [1.807, 2.05) is 6.92 Å². The Bertz CT molecular complexity index is 597. The van der Waals surface area contributed by atoms with Gasteiger partial charge in [-0.3, -0.25) is 4.90 Å². The molecule has 1 unspecified atom stereocenters. The number of aromatic nitrogens is 2. The highest BCUT2D eigenvalue weighted by Crippen LogP contribution is 2.36. The Labute approximate surface area is 124 Å². The molecule has 5 heteroatoms. The third-order valence-electron chi connectivity index (χ3n) is 4.08. The standard InChI is InChI=1S/C16H21N3O2/c1-2-15-17-18-16(21-15)11-19(9-10-20)14-8-7-12-5-3-4-6-13(12)14/h3-6,14,20H,2,7-11H2,1H3. The molecule has 0 bridgehead atoms. The molecule has 5 nitrogen and oxygen atoms in total. The normalized spacial score (nSPS) is 17.4. The molecule has 21 heavy (non-hydrogen) atoms. The number of hydrogen-bond acceptors (Lipinski definition) is 5. The van der Waals surface area contributed by atoms with Crippen LogP contribution in [0.25, 0.3) is 0 Å². The van der Waals surface area contributed by atoms with Crippen molar-refractivity contribution in [3.8, 4) is 0 Å². The van der Waals surface area contributed by atoms with Crippen LogP contribution in [-0.2, 0) is 19.4 Å². The Morgan fingerprint density at radius 2 is 2.10 bits per heavy atom. The summed E-state index contributed by atoms with van der Waals surface area (Å²) >= 11 is 0. The van der Waals surface area contributed by atoms with E-state index in [9.17, 15) is 5.11 Å². The number of aryl methyl sites for hydroxylation is 2. The van der Waals surface area contributed by atoms with Crippen molar-refractivity contribution in [2.45, 2.75) is 38.8 Å². The molecule has 0 amide bonds. The minimum absolute atomic E-state index is 0.132. The second-order valence-electron chi connectivity index (χ2n) is 5.39. The molecule has 3 rings (SSSR count). The lowest BCUT2D eigenvalue weighted by molar-refractivity contribution is 0.131. The van der Waals surface area contributed by atoms with E-state index in [4.69, 9.17) is 4.42 Å². The first-order valence-corrected chi connectivity index (χ1v) is 7.55. The van der Waals surface area contributed by atoms with E-state index >= 15 is 0 Å². The summed E-state index contributed by atoms with van der Waals surface area (Å²) in [6, 6.07) is 8.86. The van der Waals surface area contributed by atoms with Crippen LogP contribution in [0.5, 0.6) is 0 Å². The van der Waals surface area contributed by atoms with Gasteiger partial charge in [0.15, 0.2) is 0 Å². The average molecular weight is 287 g/mol. The van der Waals surface area contributed by atoms with Gasteiger partial charge in [0.05, 0.1) is 13.2 Å². The summed E-state index contributed by atoms with van der Waals surface area (Å²) in [7, 11) is 0. The van der Waals surface area contributed by atoms with Crippen molar-refractivity contribution >= 4 is 0 Å². The fraction of sp³-hybridized carbons (Fsp3) is 0.500. The van der Waals surface area contributed by atoms with Crippen molar-refractivity contribution in [2.24, 2.45) is 0 Å². The third-order valence-corrected chi connectivity index (χ3v) is 4.08. The largest absolute Gasteiger partial charge is 0.424 e. The summed E-state index contributed by atoms with van der Waals surface area (Å²) < 4.78 is 5.61. The van der Waals surface area contributed by atoms with E-state index in [0.717, 1.165) is 19.3 Å². The van der Waals surface area contributed by atoms with Crippen LogP contribution >= 0.6 is 0 Å². The molecule has 0 saturated heterocycles. The maximum atomic E-state index is 9.37. The molecule has 0 aliphatic heterocycles. The van der Waals surface area contributed by atoms with Crippen LogP contribution in [0.1, 0.15) is 42.3 Å². The molecule has 1 aromatic heterocycles. The lowest BCUT2D eigenvalue weighted by Gasteiger charge is -2.27. The number of nitrogens with zero attached hydrogens (tertiary/aromatic N) is 3. The maximum Gasteiger partial charge on any atom is 0.230 e. The summed E-state index contributed by atoms with van der Waals surface area (Å²) in [4.78, 5) is 2.23. The topological polar surface area (TPSA) is 62.4 Å². The van der Waals surface area contributed by atoms with E-state index in [1.165, 1.54) is 11.1 Å². The quantitative estimate of drug-likeness (QED) is 0.881. The molecule has 2 aromatic rings. The van der Waals surface area contributed by atoms with Crippen molar-refractivity contribution in [1.29, 1.82) is 0 Å². The molecular formula is C16H21N3O2. The predicted molar refractivity (Wildman–Crippen MR) is 78.7 cm³/mol. The minimum atomic E-state index is 0.132. The van der Waals surface area contributed by atoms with Crippen LogP contribution in [0.15, 0.2) is 28.7 Å². The van der Waals surface area contributed by atoms with Crippen LogP contribution in [0.3, 0.4) is 0 Å². The Hall–Kier alpha value is -1.72. The number of hydrogen-bond donors (Lipinski definition) is 1. The number of aliphatic hydroxyl groups excluding tert-OH is 1. The summed E-state index contributed by atoms with van der Waals surface area (Å²) in [6.07, 6.45) is 2.92. The molecule has 1 aliphatic rings. The molecule has 1 N–H and O–H groups in total. The molecule has 1 heterocycles. The molecule has 0 saturated carbocycles. The smallest absolute Gasteiger partial charge is 0.230 e. The highest BCUT2D eigenvalue weighted by molar-refractivity contribution is 5.34. The summed E-state index contributed by atoms with van der Waals surface area (Å²) in [5.74, 6) is 1.30. The van der Waals surface area contributed by atoms with Gasteiger partial charge in [-0.05, 0) is 24.0 Å². The van der Waals surface area contributed by atoms with Gasteiger partial charge in [0, 0.05) is 19.0 Å². The van der Waals surface area contributed by atoms with Gasteiger partial charge >= 0.3 is 0 Å². The van der Waals surface area contributed by atoms with Crippen LogP contribution < -0.4 is 0 Å².